The third kappa shape index (κ3) is 5.58. The van der Waals surface area contributed by atoms with Gasteiger partial charge in [-0.25, -0.2) is 13.4 Å². The zero-order valence-corrected chi connectivity index (χ0v) is 15.9. The fourth-order valence-corrected chi connectivity index (χ4v) is 3.71. The van der Waals surface area contributed by atoms with E-state index >= 15 is 0 Å². The van der Waals surface area contributed by atoms with Crippen molar-refractivity contribution in [2.24, 2.45) is 0 Å². The molecule has 0 aliphatic heterocycles. The molecule has 0 fully saturated rings. The molecule has 9 heteroatoms. The van der Waals surface area contributed by atoms with E-state index in [0.717, 1.165) is 22.2 Å². The summed E-state index contributed by atoms with van der Waals surface area (Å²) in [7, 11) is -2.27. The van der Waals surface area contributed by atoms with Crippen LogP contribution in [0.15, 0.2) is 52.8 Å². The molecule has 7 nitrogen and oxygen atoms in total. The maximum atomic E-state index is 12.5. The van der Waals surface area contributed by atoms with Crippen molar-refractivity contribution >= 4 is 27.7 Å². The number of aryl methyl sites for hydroxylation is 1. The highest BCUT2D eigenvalue weighted by Crippen LogP contribution is 2.19. The third-order valence-corrected chi connectivity index (χ3v) is 6.17. The van der Waals surface area contributed by atoms with Crippen LogP contribution in [0.2, 0.25) is 0 Å². The van der Waals surface area contributed by atoms with Crippen molar-refractivity contribution in [1.82, 2.24) is 19.2 Å². The van der Waals surface area contributed by atoms with E-state index in [-0.39, 0.29) is 17.3 Å². The number of rotatable bonds is 9. The number of sulfonamides is 1. The smallest absolute Gasteiger partial charge is 0.243 e. The Labute approximate surface area is 152 Å². The maximum absolute atomic E-state index is 12.5. The lowest BCUT2D eigenvalue weighted by Gasteiger charge is -2.17. The molecule has 0 saturated carbocycles. The second-order valence-electron chi connectivity index (χ2n) is 5.44. The molecule has 0 aliphatic carbocycles. The Morgan fingerprint density at radius 1 is 1.32 bits per heavy atom. The van der Waals surface area contributed by atoms with Gasteiger partial charge in [0, 0.05) is 37.4 Å². The van der Waals surface area contributed by atoms with Crippen molar-refractivity contribution in [3.63, 3.8) is 0 Å². The molecular formula is C16H22N4O3S2. The Morgan fingerprint density at radius 3 is 2.64 bits per heavy atom. The number of benzene rings is 1. The van der Waals surface area contributed by atoms with Gasteiger partial charge in [0.05, 0.1) is 17.8 Å². The van der Waals surface area contributed by atoms with Gasteiger partial charge < -0.3 is 9.88 Å². The van der Waals surface area contributed by atoms with Crippen LogP contribution in [0.5, 0.6) is 0 Å². The zero-order chi connectivity index (χ0) is 18.3. The number of amides is 1. The highest BCUT2D eigenvalue weighted by molar-refractivity contribution is 7.98. The monoisotopic (exact) mass is 382 g/mol. The molecule has 136 valence electrons. The fourth-order valence-electron chi connectivity index (χ4n) is 2.18. The number of carbonyl (C=O) groups excluding carboxylic acids is 1. The Morgan fingerprint density at radius 2 is 2.04 bits per heavy atom. The van der Waals surface area contributed by atoms with Gasteiger partial charge in [0.1, 0.15) is 0 Å². The van der Waals surface area contributed by atoms with Crippen molar-refractivity contribution in [3.05, 3.63) is 43.0 Å². The van der Waals surface area contributed by atoms with E-state index < -0.39 is 10.0 Å². The first kappa shape index (κ1) is 19.5. The number of thioether (sulfide) groups is 1. The molecule has 0 radical (unpaired) electrons. The first-order chi connectivity index (χ1) is 11.9. The lowest BCUT2D eigenvalue weighted by atomic mass is 10.4. The Kier molecular flexibility index (Phi) is 7.03. The van der Waals surface area contributed by atoms with Crippen LogP contribution >= 0.6 is 11.8 Å². The lowest BCUT2D eigenvalue weighted by Crippen LogP contribution is -2.38. The molecule has 0 atom stereocenters. The van der Waals surface area contributed by atoms with Crippen LogP contribution in [-0.4, -0.2) is 54.6 Å². The van der Waals surface area contributed by atoms with Gasteiger partial charge in [0.15, 0.2) is 0 Å². The summed E-state index contributed by atoms with van der Waals surface area (Å²) in [5, 5.41) is 2.74. The molecule has 25 heavy (non-hydrogen) atoms. The molecule has 1 aromatic heterocycles. The summed E-state index contributed by atoms with van der Waals surface area (Å²) < 4.78 is 27.9. The van der Waals surface area contributed by atoms with Gasteiger partial charge in [-0.15, -0.1) is 11.8 Å². The SMILES string of the molecule is CSc1ccc(S(=O)(=O)N(C)CC(=O)NCCCn2ccnc2)cc1. The molecule has 1 N–H and O–H groups in total. The predicted octanol–water partition coefficient (Wildman–Crippen LogP) is 1.43. The summed E-state index contributed by atoms with van der Waals surface area (Å²) in [4.78, 5) is 17.1. The topological polar surface area (TPSA) is 84.3 Å². The van der Waals surface area contributed by atoms with Gasteiger partial charge in [-0.1, -0.05) is 0 Å². The quantitative estimate of drug-likeness (QED) is 0.524. The summed E-state index contributed by atoms with van der Waals surface area (Å²) in [6.07, 6.45) is 7.93. The fraction of sp³-hybridized carbons (Fsp3) is 0.375. The van der Waals surface area contributed by atoms with E-state index in [0.29, 0.717) is 6.54 Å². The second-order valence-corrected chi connectivity index (χ2v) is 8.37. The molecule has 1 heterocycles. The van der Waals surface area contributed by atoms with Crippen LogP contribution in [0.4, 0.5) is 0 Å². The van der Waals surface area contributed by atoms with Crippen molar-refractivity contribution in [2.45, 2.75) is 22.8 Å². The number of aromatic nitrogens is 2. The maximum Gasteiger partial charge on any atom is 0.243 e. The summed E-state index contributed by atoms with van der Waals surface area (Å²) in [6.45, 7) is 1.02. The Balaban J connectivity index is 1.82. The minimum atomic E-state index is -3.67. The Hall–Kier alpha value is -1.84. The standard InChI is InChI=1S/C16H22N4O3S2/c1-19(25(22,23)15-6-4-14(24-2)5-7-15)12-16(21)18-8-3-10-20-11-9-17-13-20/h4-7,9,11,13H,3,8,10,12H2,1-2H3,(H,18,21). The zero-order valence-electron chi connectivity index (χ0n) is 14.3. The molecule has 0 bridgehead atoms. The van der Waals surface area contributed by atoms with E-state index in [1.807, 2.05) is 17.0 Å². The minimum Gasteiger partial charge on any atom is -0.355 e. The number of imidazole rings is 1. The molecule has 0 unspecified atom stereocenters. The largest absolute Gasteiger partial charge is 0.355 e. The van der Waals surface area contributed by atoms with E-state index in [2.05, 4.69) is 10.3 Å². The average Bonchev–Trinajstić information content (AvgIpc) is 3.12. The van der Waals surface area contributed by atoms with Crippen molar-refractivity contribution in [1.29, 1.82) is 0 Å². The molecule has 2 aromatic rings. The van der Waals surface area contributed by atoms with E-state index in [4.69, 9.17) is 0 Å². The number of carbonyl (C=O) groups is 1. The van der Waals surface area contributed by atoms with E-state index in [1.165, 1.54) is 18.8 Å². The van der Waals surface area contributed by atoms with E-state index in [9.17, 15) is 13.2 Å². The summed E-state index contributed by atoms with van der Waals surface area (Å²) in [5.74, 6) is -0.322. The number of nitrogens with one attached hydrogen (secondary N) is 1. The molecule has 1 aromatic carbocycles. The van der Waals surface area contributed by atoms with Crippen LogP contribution in [0.3, 0.4) is 0 Å². The number of nitrogens with zero attached hydrogens (tertiary/aromatic N) is 3. The van der Waals surface area contributed by atoms with Gasteiger partial charge in [0.25, 0.3) is 0 Å². The minimum absolute atomic E-state index is 0.181. The van der Waals surface area contributed by atoms with Gasteiger partial charge in [-0.3, -0.25) is 4.79 Å². The molecule has 1 amide bonds. The molecule has 0 aliphatic rings. The van der Waals surface area contributed by atoms with Crippen LogP contribution in [-0.2, 0) is 21.4 Å². The highest BCUT2D eigenvalue weighted by atomic mass is 32.2. The first-order valence-corrected chi connectivity index (χ1v) is 10.4. The number of hydrogen-bond donors (Lipinski definition) is 1. The average molecular weight is 383 g/mol. The highest BCUT2D eigenvalue weighted by Gasteiger charge is 2.22. The first-order valence-electron chi connectivity index (χ1n) is 7.76. The summed E-state index contributed by atoms with van der Waals surface area (Å²) >= 11 is 1.54. The third-order valence-electron chi connectivity index (χ3n) is 3.61. The van der Waals surface area contributed by atoms with Crippen LogP contribution in [0, 0.1) is 0 Å². The predicted molar refractivity (Wildman–Crippen MR) is 97.9 cm³/mol. The normalized spacial score (nSPS) is 11.6. The van der Waals surface area contributed by atoms with Gasteiger partial charge in [-0.05, 0) is 36.9 Å². The number of hydrogen-bond acceptors (Lipinski definition) is 5. The van der Waals surface area contributed by atoms with Crippen LogP contribution in [0.25, 0.3) is 0 Å². The molecule has 2 rings (SSSR count). The second kappa shape index (κ2) is 9.02. The summed E-state index contributed by atoms with van der Waals surface area (Å²) in [5.41, 5.74) is 0. The van der Waals surface area contributed by atoms with Crippen molar-refractivity contribution in [3.8, 4) is 0 Å². The van der Waals surface area contributed by atoms with Crippen LogP contribution < -0.4 is 5.32 Å². The summed E-state index contributed by atoms with van der Waals surface area (Å²) in [6, 6.07) is 6.62. The molecule has 0 spiro atoms. The van der Waals surface area contributed by atoms with Crippen molar-refractivity contribution < 1.29 is 13.2 Å². The van der Waals surface area contributed by atoms with Gasteiger partial charge in [-0.2, -0.15) is 4.31 Å². The van der Waals surface area contributed by atoms with E-state index in [1.54, 1.807) is 36.8 Å². The van der Waals surface area contributed by atoms with Gasteiger partial charge >= 0.3 is 0 Å². The Bertz CT molecular complexity index is 774. The van der Waals surface area contributed by atoms with Gasteiger partial charge in [0.2, 0.25) is 15.9 Å². The molecular weight excluding hydrogens is 360 g/mol. The lowest BCUT2D eigenvalue weighted by molar-refractivity contribution is -0.121. The molecule has 0 saturated heterocycles. The van der Waals surface area contributed by atoms with Crippen LogP contribution in [0.1, 0.15) is 6.42 Å². The number of likely N-dealkylation sites (N-methyl/N-ethyl adjacent to an activating group) is 1. The van der Waals surface area contributed by atoms with Crippen molar-refractivity contribution in [2.75, 3.05) is 26.4 Å².